The molecule has 0 spiro atoms. The third-order valence-electron chi connectivity index (χ3n) is 5.08. The van der Waals surface area contributed by atoms with Gasteiger partial charge in [-0.3, -0.25) is 9.89 Å². The predicted molar refractivity (Wildman–Crippen MR) is 117 cm³/mol. The normalized spacial score (nSPS) is 11.5. The number of benzene rings is 2. The number of aryl methyl sites for hydroxylation is 2. The van der Waals surface area contributed by atoms with Crippen LogP contribution in [0.5, 0.6) is 0 Å². The van der Waals surface area contributed by atoms with Gasteiger partial charge in [0.25, 0.3) is 5.91 Å². The van der Waals surface area contributed by atoms with Crippen molar-refractivity contribution in [3.63, 3.8) is 0 Å². The van der Waals surface area contributed by atoms with Crippen molar-refractivity contribution in [2.75, 3.05) is 20.6 Å². The number of amides is 1. The molecule has 1 aromatic heterocycles. The zero-order valence-corrected chi connectivity index (χ0v) is 18.5. The number of carbonyl (C=O) groups is 1. The monoisotopic (exact) mass is 444 g/mol. The van der Waals surface area contributed by atoms with E-state index in [2.05, 4.69) is 14.9 Å². The average Bonchev–Trinajstić information content (AvgIpc) is 3.22. The molecule has 0 unspecified atom stereocenters. The molecular weight excluding hydrogens is 419 g/mol. The number of nitrogens with zero attached hydrogens (tertiary/aromatic N) is 2. The maximum atomic E-state index is 13.1. The van der Waals surface area contributed by atoms with Gasteiger partial charge in [0.05, 0.1) is 10.6 Å². The van der Waals surface area contributed by atoms with E-state index in [-0.39, 0.29) is 16.6 Å². The number of H-pyrrole nitrogens is 1. The molecule has 31 heavy (non-hydrogen) atoms. The van der Waals surface area contributed by atoms with Gasteiger partial charge in [-0.15, -0.1) is 0 Å². The molecule has 0 aliphatic carbocycles. The minimum Gasteiger partial charge on any atom is -0.342 e. The molecule has 0 atom stereocenters. The summed E-state index contributed by atoms with van der Waals surface area (Å²) in [6.07, 6.45) is 1.37. The lowest BCUT2D eigenvalue weighted by Gasteiger charge is -2.18. The van der Waals surface area contributed by atoms with E-state index in [1.54, 1.807) is 37.1 Å². The first-order valence-corrected chi connectivity index (χ1v) is 11.3. The van der Waals surface area contributed by atoms with Crippen molar-refractivity contribution < 1.29 is 17.6 Å². The maximum absolute atomic E-state index is 13.1. The van der Waals surface area contributed by atoms with Crippen molar-refractivity contribution >= 4 is 15.9 Å². The van der Waals surface area contributed by atoms with Gasteiger partial charge >= 0.3 is 0 Å². The van der Waals surface area contributed by atoms with Crippen molar-refractivity contribution in [3.05, 3.63) is 71.2 Å². The molecule has 0 saturated carbocycles. The Morgan fingerprint density at radius 3 is 2.55 bits per heavy atom. The first-order valence-electron chi connectivity index (χ1n) is 9.81. The minimum absolute atomic E-state index is 0.0585. The van der Waals surface area contributed by atoms with Crippen molar-refractivity contribution in [3.8, 4) is 11.3 Å². The van der Waals surface area contributed by atoms with E-state index < -0.39 is 10.0 Å². The molecule has 0 aliphatic rings. The number of sulfonamides is 1. The van der Waals surface area contributed by atoms with Gasteiger partial charge in [0, 0.05) is 30.4 Å². The van der Waals surface area contributed by atoms with Crippen LogP contribution in [0.2, 0.25) is 0 Å². The Balaban J connectivity index is 1.61. The van der Waals surface area contributed by atoms with Gasteiger partial charge < -0.3 is 4.90 Å². The van der Waals surface area contributed by atoms with Crippen LogP contribution >= 0.6 is 0 Å². The molecule has 2 N–H and O–H groups in total. The van der Waals surface area contributed by atoms with Crippen LogP contribution in [-0.2, 0) is 16.4 Å². The van der Waals surface area contributed by atoms with Crippen LogP contribution in [0.25, 0.3) is 11.3 Å². The first kappa shape index (κ1) is 22.6. The van der Waals surface area contributed by atoms with Crippen molar-refractivity contribution in [2.24, 2.45) is 0 Å². The van der Waals surface area contributed by atoms with Gasteiger partial charge in [-0.1, -0.05) is 6.07 Å². The van der Waals surface area contributed by atoms with Crippen LogP contribution in [0, 0.1) is 12.7 Å². The van der Waals surface area contributed by atoms with Gasteiger partial charge in [-0.25, -0.2) is 17.5 Å². The fourth-order valence-electron chi connectivity index (χ4n) is 3.19. The van der Waals surface area contributed by atoms with Gasteiger partial charge in [0.1, 0.15) is 5.82 Å². The minimum atomic E-state index is -3.63. The lowest BCUT2D eigenvalue weighted by atomic mass is 10.1. The highest BCUT2D eigenvalue weighted by Gasteiger charge is 2.19. The number of hydrogen-bond acceptors (Lipinski definition) is 4. The molecule has 2 aromatic carbocycles. The fourth-order valence-corrected chi connectivity index (χ4v) is 3.94. The van der Waals surface area contributed by atoms with E-state index in [9.17, 15) is 17.6 Å². The molecule has 0 radical (unpaired) electrons. The summed E-state index contributed by atoms with van der Waals surface area (Å²) in [5.41, 5.74) is 3.54. The van der Waals surface area contributed by atoms with Crippen molar-refractivity contribution in [1.29, 1.82) is 0 Å². The Bertz CT molecular complexity index is 1170. The summed E-state index contributed by atoms with van der Waals surface area (Å²) < 4.78 is 39.4. The zero-order valence-electron chi connectivity index (χ0n) is 17.6. The molecule has 7 nitrogen and oxygen atoms in total. The summed E-state index contributed by atoms with van der Waals surface area (Å²) in [7, 11) is -0.600. The lowest BCUT2D eigenvalue weighted by Crippen LogP contribution is -2.29. The highest BCUT2D eigenvalue weighted by molar-refractivity contribution is 7.89. The van der Waals surface area contributed by atoms with Crippen molar-refractivity contribution in [2.45, 2.75) is 24.7 Å². The van der Waals surface area contributed by atoms with E-state index >= 15 is 0 Å². The predicted octanol–water partition coefficient (Wildman–Crippen LogP) is 3.14. The van der Waals surface area contributed by atoms with E-state index in [1.165, 1.54) is 31.3 Å². The summed E-state index contributed by atoms with van der Waals surface area (Å²) in [5, 5.41) is 7.23. The third kappa shape index (κ3) is 5.36. The van der Waals surface area contributed by atoms with Crippen LogP contribution in [0.15, 0.2) is 53.4 Å². The first-order chi connectivity index (χ1) is 14.7. The SMILES string of the molecule is CNS(=O)(=O)c1ccc(C)c(C(=O)N(C)CCCc2cc(-c3ccc(F)cc3)n[nH]2)c1. The Kier molecular flexibility index (Phi) is 6.87. The molecule has 164 valence electrons. The second kappa shape index (κ2) is 9.40. The molecule has 0 bridgehead atoms. The summed E-state index contributed by atoms with van der Waals surface area (Å²) in [6, 6.07) is 12.6. The summed E-state index contributed by atoms with van der Waals surface area (Å²) in [6.45, 7) is 2.27. The molecule has 1 amide bonds. The van der Waals surface area contributed by atoms with E-state index in [1.807, 2.05) is 6.07 Å². The number of carbonyl (C=O) groups excluding carboxylic acids is 1. The van der Waals surface area contributed by atoms with Crippen LogP contribution in [0.3, 0.4) is 0 Å². The van der Waals surface area contributed by atoms with Crippen LogP contribution in [0.1, 0.15) is 28.0 Å². The molecular formula is C22H25FN4O3S. The number of halogens is 1. The standard InChI is InChI=1S/C22H25FN4O3S/c1-15-6-11-19(31(29,30)24-2)14-20(15)22(28)27(3)12-4-5-18-13-21(26-25-18)16-7-9-17(23)10-8-16/h6-11,13-14,24H,4-5,12H2,1-3H3,(H,25,26). The average molecular weight is 445 g/mol. The summed E-state index contributed by atoms with van der Waals surface area (Å²) in [4.78, 5) is 14.5. The Morgan fingerprint density at radius 2 is 1.87 bits per heavy atom. The molecule has 0 saturated heterocycles. The second-order valence-electron chi connectivity index (χ2n) is 7.30. The van der Waals surface area contributed by atoms with Crippen LogP contribution in [0.4, 0.5) is 4.39 Å². The highest BCUT2D eigenvalue weighted by atomic mass is 32.2. The molecule has 1 heterocycles. The lowest BCUT2D eigenvalue weighted by molar-refractivity contribution is 0.0792. The largest absolute Gasteiger partial charge is 0.342 e. The smallest absolute Gasteiger partial charge is 0.253 e. The quantitative estimate of drug-likeness (QED) is 0.558. The van der Waals surface area contributed by atoms with Gasteiger partial charge in [-0.2, -0.15) is 5.10 Å². The number of nitrogens with one attached hydrogen (secondary N) is 2. The number of rotatable bonds is 8. The van der Waals surface area contributed by atoms with Gasteiger partial charge in [0.15, 0.2) is 0 Å². The van der Waals surface area contributed by atoms with E-state index in [0.29, 0.717) is 30.5 Å². The topological polar surface area (TPSA) is 95.2 Å². The molecule has 3 rings (SSSR count). The van der Waals surface area contributed by atoms with Crippen LogP contribution < -0.4 is 4.72 Å². The summed E-state index contributed by atoms with van der Waals surface area (Å²) in [5.74, 6) is -0.529. The fraction of sp³-hybridized carbons (Fsp3) is 0.273. The Hall–Kier alpha value is -3.04. The summed E-state index contributed by atoms with van der Waals surface area (Å²) >= 11 is 0. The molecule has 3 aromatic rings. The zero-order chi connectivity index (χ0) is 22.6. The Labute approximate surface area is 181 Å². The third-order valence-corrected chi connectivity index (χ3v) is 6.49. The molecule has 9 heteroatoms. The van der Waals surface area contributed by atoms with Gasteiger partial charge in [0.2, 0.25) is 10.0 Å². The number of hydrogen-bond donors (Lipinski definition) is 2. The number of aromatic amines is 1. The van der Waals surface area contributed by atoms with Crippen LogP contribution in [-0.4, -0.2) is 50.1 Å². The second-order valence-corrected chi connectivity index (χ2v) is 9.19. The van der Waals surface area contributed by atoms with Gasteiger partial charge in [-0.05, 0) is 74.8 Å². The van der Waals surface area contributed by atoms with Crippen molar-refractivity contribution in [1.82, 2.24) is 19.8 Å². The molecule has 0 aliphatic heterocycles. The number of aromatic nitrogens is 2. The maximum Gasteiger partial charge on any atom is 0.253 e. The molecule has 0 fully saturated rings. The highest BCUT2D eigenvalue weighted by Crippen LogP contribution is 2.19. The Morgan fingerprint density at radius 1 is 1.16 bits per heavy atom. The van der Waals surface area contributed by atoms with E-state index in [4.69, 9.17) is 0 Å². The van der Waals surface area contributed by atoms with E-state index in [0.717, 1.165) is 17.0 Å².